The molecule has 0 aliphatic heterocycles. The van der Waals surface area contributed by atoms with Crippen LogP contribution in [0.2, 0.25) is 0 Å². The highest BCUT2D eigenvalue weighted by molar-refractivity contribution is 5.92. The molecule has 0 saturated carbocycles. The van der Waals surface area contributed by atoms with Crippen molar-refractivity contribution in [2.75, 3.05) is 4.90 Å². The number of benzene rings is 8. The zero-order valence-electron chi connectivity index (χ0n) is 30.8. The first kappa shape index (κ1) is 33.3. The molecule has 8 aromatic carbocycles. The molecule has 0 N–H and O–H groups in total. The van der Waals surface area contributed by atoms with E-state index in [1.54, 1.807) is 0 Å². The fourth-order valence-corrected chi connectivity index (χ4v) is 8.09. The van der Waals surface area contributed by atoms with Crippen LogP contribution in [0.25, 0.3) is 73.1 Å². The number of hydrogen-bond donors (Lipinski definition) is 0. The van der Waals surface area contributed by atoms with Gasteiger partial charge in [0.15, 0.2) is 5.58 Å². The van der Waals surface area contributed by atoms with Crippen LogP contribution in [0.3, 0.4) is 0 Å². The Labute approximate surface area is 327 Å². The van der Waals surface area contributed by atoms with Crippen LogP contribution < -0.4 is 4.90 Å². The third-order valence-electron chi connectivity index (χ3n) is 10.8. The first-order chi connectivity index (χ1) is 27.8. The van der Waals surface area contributed by atoms with Gasteiger partial charge in [-0.15, -0.1) is 0 Å². The van der Waals surface area contributed by atoms with Crippen LogP contribution in [-0.2, 0) is 6.42 Å². The van der Waals surface area contributed by atoms with Gasteiger partial charge in [0.05, 0.1) is 0 Å². The lowest BCUT2D eigenvalue weighted by Crippen LogP contribution is -2.09. The second kappa shape index (κ2) is 14.5. The molecule has 266 valence electrons. The topological polar surface area (TPSA) is 29.3 Å². The Morgan fingerprint density at radius 2 is 0.946 bits per heavy atom. The number of anilines is 3. The lowest BCUT2D eigenvalue weighted by molar-refractivity contribution is 0.620. The highest BCUT2D eigenvalue weighted by Crippen LogP contribution is 2.41. The normalized spacial score (nSPS) is 12.1. The number of nitrogens with zero attached hydrogens (tertiary/aromatic N) is 2. The second-order valence-corrected chi connectivity index (χ2v) is 14.2. The van der Waals surface area contributed by atoms with Gasteiger partial charge in [0, 0.05) is 22.6 Å². The van der Waals surface area contributed by atoms with Crippen molar-refractivity contribution in [3.8, 4) is 56.0 Å². The van der Waals surface area contributed by atoms with E-state index in [1.807, 2.05) is 0 Å². The molecule has 0 saturated heterocycles. The summed E-state index contributed by atoms with van der Waals surface area (Å²) in [6, 6.07) is 68.9. The SMILES string of the molecule is C1=Cc2cccc(-c3ccc4oc(-c5ccc(-c6ccccc6-c6ccccc6-c6ccc(N(c7ccccc7)c7ccccc7)cc6)cc5)nc4c3)c2CC1. The summed E-state index contributed by atoms with van der Waals surface area (Å²) in [5, 5.41) is 0. The Morgan fingerprint density at radius 3 is 1.59 bits per heavy atom. The van der Waals surface area contributed by atoms with Gasteiger partial charge in [-0.1, -0.05) is 146 Å². The quantitative estimate of drug-likeness (QED) is 0.157. The van der Waals surface area contributed by atoms with Gasteiger partial charge in [-0.2, -0.15) is 0 Å². The molecule has 0 bridgehead atoms. The molecule has 56 heavy (non-hydrogen) atoms. The summed E-state index contributed by atoms with van der Waals surface area (Å²) in [5.41, 5.74) is 18.2. The van der Waals surface area contributed by atoms with Crippen LogP contribution in [0.15, 0.2) is 205 Å². The van der Waals surface area contributed by atoms with E-state index in [4.69, 9.17) is 9.40 Å². The average Bonchev–Trinajstić information content (AvgIpc) is 3.71. The lowest BCUT2D eigenvalue weighted by Gasteiger charge is -2.25. The molecule has 9 aromatic rings. The standard InChI is InChI=1S/C53H38N2O/c1-3-16-42(17-4-1)55(43-18-5-2-6-19-43)44-33-30-39(31-34-44)47-22-10-12-24-50(47)49-23-11-9-21-46(49)38-26-28-40(29-27-38)53-54-51-36-41(32-35-52(51)56-53)48-25-13-15-37-14-7-8-20-45(37)48/h1-7,9-19,21-36H,8,20H2. The summed E-state index contributed by atoms with van der Waals surface area (Å²) in [6.45, 7) is 0. The molecule has 0 amide bonds. The average molecular weight is 719 g/mol. The minimum Gasteiger partial charge on any atom is -0.436 e. The van der Waals surface area contributed by atoms with Crippen molar-refractivity contribution in [1.29, 1.82) is 0 Å². The molecule has 1 aliphatic carbocycles. The Bertz CT molecular complexity index is 2800. The largest absolute Gasteiger partial charge is 0.436 e. The molecular weight excluding hydrogens is 681 g/mol. The van der Waals surface area contributed by atoms with E-state index in [-0.39, 0.29) is 0 Å². The third kappa shape index (κ3) is 6.29. The van der Waals surface area contributed by atoms with Crippen molar-refractivity contribution in [1.82, 2.24) is 4.98 Å². The van der Waals surface area contributed by atoms with Crippen LogP contribution in [0, 0.1) is 0 Å². The van der Waals surface area contributed by atoms with Gasteiger partial charge in [-0.3, -0.25) is 0 Å². The van der Waals surface area contributed by atoms with Crippen molar-refractivity contribution in [2.24, 2.45) is 0 Å². The van der Waals surface area contributed by atoms with Gasteiger partial charge in [-0.25, -0.2) is 4.98 Å². The Hall–Kier alpha value is -7.23. The molecule has 3 nitrogen and oxygen atoms in total. The molecule has 1 aromatic heterocycles. The zero-order chi connectivity index (χ0) is 37.3. The number of para-hydroxylation sites is 2. The van der Waals surface area contributed by atoms with E-state index in [2.05, 4.69) is 211 Å². The first-order valence-electron chi connectivity index (χ1n) is 19.3. The van der Waals surface area contributed by atoms with E-state index in [9.17, 15) is 0 Å². The van der Waals surface area contributed by atoms with Crippen LogP contribution in [0.4, 0.5) is 17.1 Å². The Morgan fingerprint density at radius 1 is 0.429 bits per heavy atom. The van der Waals surface area contributed by atoms with Gasteiger partial charge < -0.3 is 9.32 Å². The summed E-state index contributed by atoms with van der Waals surface area (Å²) in [6.07, 6.45) is 6.63. The maximum atomic E-state index is 6.31. The Kier molecular flexibility index (Phi) is 8.66. The van der Waals surface area contributed by atoms with Crippen molar-refractivity contribution < 1.29 is 4.42 Å². The first-order valence-corrected chi connectivity index (χ1v) is 19.3. The fourth-order valence-electron chi connectivity index (χ4n) is 8.09. The molecule has 3 heteroatoms. The zero-order valence-corrected chi connectivity index (χ0v) is 30.8. The number of oxazole rings is 1. The number of fused-ring (bicyclic) bond motifs is 2. The third-order valence-corrected chi connectivity index (χ3v) is 10.8. The molecule has 10 rings (SSSR count). The monoisotopic (exact) mass is 718 g/mol. The van der Waals surface area contributed by atoms with Gasteiger partial charge >= 0.3 is 0 Å². The lowest BCUT2D eigenvalue weighted by atomic mass is 9.89. The van der Waals surface area contributed by atoms with Crippen molar-refractivity contribution in [3.63, 3.8) is 0 Å². The van der Waals surface area contributed by atoms with E-state index >= 15 is 0 Å². The van der Waals surface area contributed by atoms with Crippen molar-refractivity contribution in [2.45, 2.75) is 12.8 Å². The highest BCUT2D eigenvalue weighted by atomic mass is 16.3. The van der Waals surface area contributed by atoms with Gasteiger partial charge in [0.1, 0.15) is 5.52 Å². The molecule has 0 radical (unpaired) electrons. The fraction of sp³-hybridized carbons (Fsp3) is 0.0377. The summed E-state index contributed by atoms with van der Waals surface area (Å²) < 4.78 is 6.31. The van der Waals surface area contributed by atoms with Gasteiger partial charge in [-0.05, 0) is 129 Å². The molecule has 0 atom stereocenters. The molecule has 0 unspecified atom stereocenters. The summed E-state index contributed by atoms with van der Waals surface area (Å²) in [4.78, 5) is 7.25. The number of hydrogen-bond acceptors (Lipinski definition) is 3. The number of rotatable bonds is 8. The molecule has 1 aliphatic rings. The smallest absolute Gasteiger partial charge is 0.227 e. The van der Waals surface area contributed by atoms with Crippen LogP contribution in [0.1, 0.15) is 17.5 Å². The maximum absolute atomic E-state index is 6.31. The summed E-state index contributed by atoms with van der Waals surface area (Å²) in [5.74, 6) is 0.627. The van der Waals surface area contributed by atoms with E-state index in [1.165, 1.54) is 50.1 Å². The summed E-state index contributed by atoms with van der Waals surface area (Å²) in [7, 11) is 0. The predicted octanol–water partition coefficient (Wildman–Crippen LogP) is 14.6. The number of allylic oxidation sites excluding steroid dienone is 1. The van der Waals surface area contributed by atoms with Crippen molar-refractivity contribution >= 4 is 34.2 Å². The van der Waals surface area contributed by atoms with Crippen molar-refractivity contribution in [3.05, 3.63) is 211 Å². The maximum Gasteiger partial charge on any atom is 0.227 e. The van der Waals surface area contributed by atoms with Crippen LogP contribution in [0.5, 0.6) is 0 Å². The van der Waals surface area contributed by atoms with Gasteiger partial charge in [0.2, 0.25) is 5.89 Å². The van der Waals surface area contributed by atoms with E-state index in [0.29, 0.717) is 5.89 Å². The second-order valence-electron chi connectivity index (χ2n) is 14.2. The molecular formula is C53H38N2O. The Balaban J connectivity index is 0.951. The van der Waals surface area contributed by atoms with E-state index < -0.39 is 0 Å². The van der Waals surface area contributed by atoms with Gasteiger partial charge in [0.25, 0.3) is 0 Å². The van der Waals surface area contributed by atoms with Crippen LogP contribution in [-0.4, -0.2) is 4.98 Å². The molecule has 0 fully saturated rings. The minimum atomic E-state index is 0.627. The number of aromatic nitrogens is 1. The molecule has 1 heterocycles. The highest BCUT2D eigenvalue weighted by Gasteiger charge is 2.17. The molecule has 0 spiro atoms. The summed E-state index contributed by atoms with van der Waals surface area (Å²) >= 11 is 0. The van der Waals surface area contributed by atoms with Crippen LogP contribution >= 0.6 is 0 Å². The predicted molar refractivity (Wildman–Crippen MR) is 233 cm³/mol. The minimum absolute atomic E-state index is 0.627. The van der Waals surface area contributed by atoms with E-state index in [0.717, 1.165) is 52.1 Å².